The molecule has 31 heavy (non-hydrogen) atoms. The Kier molecular flexibility index (Phi) is 8.81. The highest BCUT2D eigenvalue weighted by atomic mass is 32.1. The minimum absolute atomic E-state index is 0.0318. The number of hydrogen-bond acceptors (Lipinski definition) is 6. The van der Waals surface area contributed by atoms with Crippen LogP contribution in [0.5, 0.6) is 0 Å². The minimum atomic E-state index is 0.0318. The van der Waals surface area contributed by atoms with Gasteiger partial charge in [-0.15, -0.1) is 11.3 Å². The summed E-state index contributed by atoms with van der Waals surface area (Å²) < 4.78 is 5.34. The lowest BCUT2D eigenvalue weighted by Gasteiger charge is -2.26. The third kappa shape index (κ3) is 7.61. The van der Waals surface area contributed by atoms with E-state index >= 15 is 0 Å². The van der Waals surface area contributed by atoms with Crippen LogP contribution in [0.4, 0.5) is 5.69 Å². The molecule has 1 aromatic carbocycles. The number of morpholine rings is 1. The molecule has 0 radical (unpaired) electrons. The zero-order valence-corrected chi connectivity index (χ0v) is 19.3. The fourth-order valence-corrected chi connectivity index (χ4v) is 4.25. The predicted molar refractivity (Wildman–Crippen MR) is 126 cm³/mol. The van der Waals surface area contributed by atoms with E-state index in [-0.39, 0.29) is 5.91 Å². The van der Waals surface area contributed by atoms with Gasteiger partial charge in [0.05, 0.1) is 30.5 Å². The van der Waals surface area contributed by atoms with Crippen LogP contribution in [0.3, 0.4) is 0 Å². The molecule has 2 heterocycles. The van der Waals surface area contributed by atoms with Crippen molar-refractivity contribution in [2.75, 3.05) is 45.2 Å². The lowest BCUT2D eigenvalue weighted by Crippen LogP contribution is -2.38. The van der Waals surface area contributed by atoms with Gasteiger partial charge in [-0.25, -0.2) is 4.98 Å². The van der Waals surface area contributed by atoms with E-state index in [2.05, 4.69) is 30.8 Å². The number of rotatable bonds is 8. The molecular weight excluding hydrogens is 412 g/mol. The second-order valence-electron chi connectivity index (χ2n) is 7.47. The number of anilines is 1. The standard InChI is InChI=1S/C22H32N6O2S/c1-16-20(31-17(2)26-16)15-25-22(23-3)24-14-18-5-4-6-19(13-18)27-21(29)7-8-28-9-11-30-12-10-28/h4-6,13H,7-12,14-15H2,1-3H3,(H,27,29)(H2,23,24,25). The number of guanidine groups is 1. The lowest BCUT2D eigenvalue weighted by atomic mass is 10.2. The molecule has 1 aliphatic rings. The number of hydrogen-bond donors (Lipinski definition) is 3. The molecule has 0 atom stereocenters. The predicted octanol–water partition coefficient (Wildman–Crippen LogP) is 2.29. The molecule has 8 nitrogen and oxygen atoms in total. The molecule has 2 aromatic rings. The van der Waals surface area contributed by atoms with Crippen molar-refractivity contribution in [3.8, 4) is 0 Å². The highest BCUT2D eigenvalue weighted by Gasteiger charge is 2.12. The van der Waals surface area contributed by atoms with Crippen LogP contribution < -0.4 is 16.0 Å². The Balaban J connectivity index is 1.44. The first-order chi connectivity index (χ1) is 15.0. The molecule has 1 amide bonds. The highest BCUT2D eigenvalue weighted by molar-refractivity contribution is 7.11. The molecule has 3 rings (SSSR count). The molecule has 1 aliphatic heterocycles. The Morgan fingerprint density at radius 1 is 1.23 bits per heavy atom. The summed E-state index contributed by atoms with van der Waals surface area (Å²) in [6.45, 7) is 9.39. The summed E-state index contributed by atoms with van der Waals surface area (Å²) in [5.74, 6) is 0.759. The summed E-state index contributed by atoms with van der Waals surface area (Å²) in [5.41, 5.74) is 2.94. The Labute approximate surface area is 188 Å². The normalized spacial score (nSPS) is 15.0. The number of nitrogens with zero attached hydrogens (tertiary/aromatic N) is 3. The van der Waals surface area contributed by atoms with Gasteiger partial charge in [-0.2, -0.15) is 0 Å². The molecule has 168 valence electrons. The van der Waals surface area contributed by atoms with Gasteiger partial charge in [-0.3, -0.25) is 14.7 Å². The molecule has 9 heteroatoms. The maximum absolute atomic E-state index is 12.3. The van der Waals surface area contributed by atoms with Crippen LogP contribution in [0.25, 0.3) is 0 Å². The van der Waals surface area contributed by atoms with E-state index in [1.165, 1.54) is 4.88 Å². The van der Waals surface area contributed by atoms with E-state index < -0.39 is 0 Å². The molecule has 0 bridgehead atoms. The first kappa shape index (κ1) is 23.2. The molecule has 1 aromatic heterocycles. The number of aliphatic imine (C=N–C) groups is 1. The van der Waals surface area contributed by atoms with E-state index in [1.807, 2.05) is 38.1 Å². The fourth-order valence-electron chi connectivity index (χ4n) is 3.37. The first-order valence-corrected chi connectivity index (χ1v) is 11.4. The van der Waals surface area contributed by atoms with Gasteiger partial charge >= 0.3 is 0 Å². The van der Waals surface area contributed by atoms with Crippen LogP contribution in [0.1, 0.15) is 27.6 Å². The second kappa shape index (κ2) is 11.8. The molecule has 3 N–H and O–H groups in total. The molecule has 1 saturated heterocycles. The van der Waals surface area contributed by atoms with Gasteiger partial charge in [0, 0.05) is 50.2 Å². The molecular formula is C22H32N6O2S. The van der Waals surface area contributed by atoms with Crippen LogP contribution >= 0.6 is 11.3 Å². The van der Waals surface area contributed by atoms with E-state index in [1.54, 1.807) is 18.4 Å². The average molecular weight is 445 g/mol. The summed E-state index contributed by atoms with van der Waals surface area (Å²) in [6.07, 6.45) is 0.482. The SMILES string of the molecule is CN=C(NCc1cccc(NC(=O)CCN2CCOCC2)c1)NCc1sc(C)nc1C. The van der Waals surface area contributed by atoms with Gasteiger partial charge in [0.25, 0.3) is 0 Å². The van der Waals surface area contributed by atoms with Crippen molar-refractivity contribution >= 4 is 28.9 Å². The number of carbonyl (C=O) groups is 1. The number of aryl methyl sites for hydroxylation is 2. The van der Waals surface area contributed by atoms with Crippen molar-refractivity contribution in [1.82, 2.24) is 20.5 Å². The topological polar surface area (TPSA) is 90.9 Å². The van der Waals surface area contributed by atoms with E-state index in [9.17, 15) is 4.79 Å². The number of thiazole rings is 1. The first-order valence-electron chi connectivity index (χ1n) is 10.6. The summed E-state index contributed by atoms with van der Waals surface area (Å²) >= 11 is 1.70. The fraction of sp³-hybridized carbons (Fsp3) is 0.500. The van der Waals surface area contributed by atoms with Gasteiger partial charge in [-0.05, 0) is 31.5 Å². The third-order valence-corrected chi connectivity index (χ3v) is 6.14. The van der Waals surface area contributed by atoms with Crippen LogP contribution in [0.15, 0.2) is 29.3 Å². The molecule has 0 saturated carbocycles. The van der Waals surface area contributed by atoms with Crippen LogP contribution in [0.2, 0.25) is 0 Å². The summed E-state index contributed by atoms with van der Waals surface area (Å²) in [7, 11) is 1.76. The minimum Gasteiger partial charge on any atom is -0.379 e. The largest absolute Gasteiger partial charge is 0.379 e. The van der Waals surface area contributed by atoms with Crippen LogP contribution in [0, 0.1) is 13.8 Å². The Morgan fingerprint density at radius 3 is 2.71 bits per heavy atom. The van der Waals surface area contributed by atoms with E-state index in [0.717, 1.165) is 60.8 Å². The molecule has 0 unspecified atom stereocenters. The Bertz CT molecular complexity index is 892. The number of nitrogens with one attached hydrogen (secondary N) is 3. The van der Waals surface area contributed by atoms with E-state index in [0.29, 0.717) is 19.5 Å². The number of carbonyl (C=O) groups excluding carboxylic acids is 1. The van der Waals surface area contributed by atoms with Crippen molar-refractivity contribution in [3.05, 3.63) is 45.4 Å². The van der Waals surface area contributed by atoms with Gasteiger partial charge in [0.15, 0.2) is 5.96 Å². The summed E-state index contributed by atoms with van der Waals surface area (Å²) in [5, 5.41) is 10.7. The molecule has 1 fully saturated rings. The average Bonchev–Trinajstić information content (AvgIpc) is 3.10. The van der Waals surface area contributed by atoms with Gasteiger partial charge in [0.1, 0.15) is 0 Å². The van der Waals surface area contributed by atoms with E-state index in [4.69, 9.17) is 4.74 Å². The van der Waals surface area contributed by atoms with Gasteiger partial charge in [0.2, 0.25) is 5.91 Å². The zero-order valence-electron chi connectivity index (χ0n) is 18.5. The third-order valence-electron chi connectivity index (χ3n) is 5.07. The quantitative estimate of drug-likeness (QED) is 0.428. The van der Waals surface area contributed by atoms with Crippen LogP contribution in [-0.2, 0) is 22.6 Å². The maximum Gasteiger partial charge on any atom is 0.225 e. The van der Waals surface area contributed by atoms with Crippen molar-refractivity contribution in [3.63, 3.8) is 0 Å². The van der Waals surface area contributed by atoms with Crippen molar-refractivity contribution in [2.24, 2.45) is 4.99 Å². The smallest absolute Gasteiger partial charge is 0.225 e. The Morgan fingerprint density at radius 2 is 2.00 bits per heavy atom. The molecule has 0 aliphatic carbocycles. The maximum atomic E-state index is 12.3. The summed E-state index contributed by atoms with van der Waals surface area (Å²) in [4.78, 5) is 24.5. The monoisotopic (exact) mass is 444 g/mol. The Hall–Kier alpha value is -2.49. The number of benzene rings is 1. The highest BCUT2D eigenvalue weighted by Crippen LogP contribution is 2.16. The van der Waals surface area contributed by atoms with Gasteiger partial charge in [-0.1, -0.05) is 12.1 Å². The zero-order chi connectivity index (χ0) is 22.1. The number of aromatic nitrogens is 1. The number of ether oxygens (including phenoxy) is 1. The van der Waals surface area contributed by atoms with Crippen molar-refractivity contribution in [2.45, 2.75) is 33.4 Å². The molecule has 0 spiro atoms. The van der Waals surface area contributed by atoms with Gasteiger partial charge < -0.3 is 20.7 Å². The second-order valence-corrected chi connectivity index (χ2v) is 8.76. The van der Waals surface area contributed by atoms with Crippen LogP contribution in [-0.4, -0.2) is 61.6 Å². The number of amides is 1. The van der Waals surface area contributed by atoms with Crippen molar-refractivity contribution in [1.29, 1.82) is 0 Å². The summed E-state index contributed by atoms with van der Waals surface area (Å²) in [6, 6.07) is 7.89. The van der Waals surface area contributed by atoms with Crippen molar-refractivity contribution < 1.29 is 9.53 Å². The lowest BCUT2D eigenvalue weighted by molar-refractivity contribution is -0.116.